The third-order valence-electron chi connectivity index (χ3n) is 13.2. The van der Waals surface area contributed by atoms with E-state index in [4.69, 9.17) is 49.5 Å². The first-order valence-electron chi connectivity index (χ1n) is 25.0. The van der Waals surface area contributed by atoms with Crippen LogP contribution in [0.4, 0.5) is 0 Å². The van der Waals surface area contributed by atoms with E-state index in [9.17, 15) is 76.0 Å². The van der Waals surface area contributed by atoms with E-state index >= 15 is 0 Å². The lowest BCUT2D eigenvalue weighted by molar-refractivity contribution is -0.381. The Morgan fingerprint density at radius 1 is 0.569 bits per heavy atom. The number of carbonyl (C=O) groups is 2. The molecule has 420 valence electrons. The second-order valence-corrected chi connectivity index (χ2v) is 19.0. The molecule has 0 saturated carbocycles. The van der Waals surface area contributed by atoms with Gasteiger partial charge in [0.2, 0.25) is 11.8 Å². The van der Waals surface area contributed by atoms with Gasteiger partial charge in [0, 0.05) is 6.92 Å². The lowest BCUT2D eigenvalue weighted by atomic mass is 9.94. The number of rotatable bonds is 30. The molecule has 0 spiro atoms. The summed E-state index contributed by atoms with van der Waals surface area (Å²) in [6, 6.07) is -2.76. The Kier molecular flexibility index (Phi) is 27.9. The van der Waals surface area contributed by atoms with Crippen LogP contribution in [0, 0.1) is 0 Å². The van der Waals surface area contributed by atoms with Gasteiger partial charge >= 0.3 is 0 Å². The highest BCUT2D eigenvalue weighted by molar-refractivity contribution is 6.27. The van der Waals surface area contributed by atoms with Crippen LogP contribution in [-0.2, 0) is 47.5 Å². The Bertz CT molecular complexity index is 1580. The van der Waals surface area contributed by atoms with Crippen molar-refractivity contribution in [2.45, 2.75) is 226 Å². The topological polar surface area (TPSA) is 395 Å². The van der Waals surface area contributed by atoms with Crippen LogP contribution in [0.1, 0.15) is 90.9 Å². The van der Waals surface area contributed by atoms with Gasteiger partial charge in [-0.05, 0) is 12.8 Å². The van der Waals surface area contributed by atoms with Gasteiger partial charge in [-0.15, -0.1) is 11.6 Å². The van der Waals surface area contributed by atoms with Gasteiger partial charge < -0.3 is 115 Å². The zero-order chi connectivity index (χ0) is 53.1. The van der Waals surface area contributed by atoms with Gasteiger partial charge in [-0.2, -0.15) is 0 Å². The summed E-state index contributed by atoms with van der Waals surface area (Å²) in [5.41, 5.74) is 0. The van der Waals surface area contributed by atoms with Crippen molar-refractivity contribution in [3.63, 3.8) is 0 Å². The van der Waals surface area contributed by atoms with Crippen molar-refractivity contribution in [3.8, 4) is 0 Å². The normalized spacial score (nSPS) is 38.4. The van der Waals surface area contributed by atoms with Gasteiger partial charge in [-0.3, -0.25) is 9.59 Å². The van der Waals surface area contributed by atoms with Crippen molar-refractivity contribution in [1.29, 1.82) is 0 Å². The van der Waals surface area contributed by atoms with E-state index < -0.39 is 186 Å². The number of aliphatic hydroxyl groups excluding tert-OH is 13. The standard InChI is InChI=1S/C46H81ClN2O23/c1-3-4-5-6-7-8-9-10-11-12-13-14-15-16-25(55)24(49-30(56)17-47)22-65-44-38(63)36(61)41(29(21-53)69-44)71-46-39(64)42(33(58)27(19-51)67-46)72-43-31(48-23(2)54)34(59)40(28(20-52)68-43)70-45-37(62)35(60)32(57)26(18-50)66-45/h15-16,24-29,31-46,50-53,55,57-64H,3-14,17-22H2,1-2H3,(H,48,54)(H,49,56)/b16-15+/t24-,25+,26+,27+,28+,29+,31+,32-,33-,34+,35-,36+,37+,38+,39+,40+,41+,42-,43-,44+,45-,46-/m0/s1. The Morgan fingerprint density at radius 2 is 1.04 bits per heavy atom. The summed E-state index contributed by atoms with van der Waals surface area (Å²) in [7, 11) is 0. The first kappa shape index (κ1) is 62.7. The highest BCUT2D eigenvalue weighted by atomic mass is 35.5. The molecule has 0 aliphatic carbocycles. The first-order valence-corrected chi connectivity index (χ1v) is 25.5. The largest absolute Gasteiger partial charge is 0.394 e. The molecule has 0 unspecified atom stereocenters. The molecule has 25 nitrogen and oxygen atoms in total. The molecule has 4 fully saturated rings. The Hall–Kier alpha value is -1.87. The van der Waals surface area contributed by atoms with Gasteiger partial charge in [0.25, 0.3) is 0 Å². The minimum absolute atomic E-state index is 0.438. The fraction of sp³-hybridized carbons (Fsp3) is 0.913. The Balaban J connectivity index is 1.39. The van der Waals surface area contributed by atoms with E-state index in [0.717, 1.165) is 32.6 Å². The van der Waals surface area contributed by atoms with Gasteiger partial charge in [-0.25, -0.2) is 0 Å². The molecule has 4 heterocycles. The van der Waals surface area contributed by atoms with Gasteiger partial charge in [0.05, 0.1) is 45.2 Å². The molecular formula is C46H81ClN2O23. The van der Waals surface area contributed by atoms with Crippen LogP contribution in [0.25, 0.3) is 0 Å². The quantitative estimate of drug-likeness (QED) is 0.0184. The number of hydrogen-bond acceptors (Lipinski definition) is 23. The number of alkyl halides is 1. The Morgan fingerprint density at radius 3 is 1.58 bits per heavy atom. The Labute approximate surface area is 423 Å². The van der Waals surface area contributed by atoms with Crippen LogP contribution in [0.5, 0.6) is 0 Å². The second kappa shape index (κ2) is 32.0. The molecular weight excluding hydrogens is 984 g/mol. The molecule has 0 aromatic carbocycles. The molecule has 0 radical (unpaired) electrons. The van der Waals surface area contributed by atoms with E-state index in [1.165, 1.54) is 51.0 Å². The van der Waals surface area contributed by atoms with E-state index in [0.29, 0.717) is 6.42 Å². The maximum absolute atomic E-state index is 12.4. The summed E-state index contributed by atoms with van der Waals surface area (Å²) in [6.07, 6.45) is -18.5. The summed E-state index contributed by atoms with van der Waals surface area (Å²) in [5, 5.41) is 144. The zero-order valence-electron chi connectivity index (χ0n) is 40.9. The lowest BCUT2D eigenvalue weighted by Crippen LogP contribution is -2.69. The van der Waals surface area contributed by atoms with Crippen LogP contribution < -0.4 is 10.6 Å². The van der Waals surface area contributed by atoms with E-state index in [-0.39, 0.29) is 0 Å². The zero-order valence-corrected chi connectivity index (χ0v) is 41.6. The fourth-order valence-electron chi connectivity index (χ4n) is 9.03. The summed E-state index contributed by atoms with van der Waals surface area (Å²) in [5.74, 6) is -1.85. The number of halogens is 1. The van der Waals surface area contributed by atoms with Gasteiger partial charge in [0.1, 0.15) is 103 Å². The number of hydrogen-bond donors (Lipinski definition) is 15. The molecule has 15 N–H and O–H groups in total. The number of aliphatic hydroxyl groups is 13. The van der Waals surface area contributed by atoms with Crippen LogP contribution in [-0.4, -0.2) is 252 Å². The van der Waals surface area contributed by atoms with Crippen molar-refractivity contribution in [3.05, 3.63) is 12.2 Å². The number of unbranched alkanes of at least 4 members (excludes halogenated alkanes) is 11. The summed E-state index contributed by atoms with van der Waals surface area (Å²) in [6.45, 7) is -0.794. The van der Waals surface area contributed by atoms with E-state index in [1.807, 2.05) is 0 Å². The average molecular weight is 1070 g/mol. The van der Waals surface area contributed by atoms with E-state index in [2.05, 4.69) is 17.6 Å². The van der Waals surface area contributed by atoms with Crippen molar-refractivity contribution in [2.24, 2.45) is 0 Å². The third-order valence-corrected chi connectivity index (χ3v) is 13.5. The fourth-order valence-corrected chi connectivity index (χ4v) is 9.11. The molecule has 0 bridgehead atoms. The van der Waals surface area contributed by atoms with Crippen LogP contribution in [0.2, 0.25) is 0 Å². The molecule has 4 saturated heterocycles. The second-order valence-electron chi connectivity index (χ2n) is 18.7. The van der Waals surface area contributed by atoms with Crippen LogP contribution in [0.3, 0.4) is 0 Å². The maximum Gasteiger partial charge on any atom is 0.235 e. The van der Waals surface area contributed by atoms with Crippen LogP contribution in [0.15, 0.2) is 12.2 Å². The molecule has 4 rings (SSSR count). The molecule has 2 amide bonds. The van der Waals surface area contributed by atoms with E-state index in [1.54, 1.807) is 6.08 Å². The highest BCUT2D eigenvalue weighted by Gasteiger charge is 2.56. The maximum atomic E-state index is 12.4. The average Bonchev–Trinajstić information content (AvgIpc) is 3.36. The monoisotopic (exact) mass is 1060 g/mol. The molecule has 4 aliphatic heterocycles. The smallest absolute Gasteiger partial charge is 0.235 e. The summed E-state index contributed by atoms with van der Waals surface area (Å²) >= 11 is 5.72. The van der Waals surface area contributed by atoms with Crippen molar-refractivity contribution in [2.75, 3.05) is 38.9 Å². The number of allylic oxidation sites excluding steroid dienone is 1. The summed E-state index contributed by atoms with van der Waals surface area (Å²) in [4.78, 5) is 24.7. The predicted molar refractivity (Wildman–Crippen MR) is 248 cm³/mol. The SMILES string of the molecule is CCCCCCCCCCCCC/C=C/[C@@H](O)[C@H](CO[C@@H]1O[C@H](CO)[C@@H](O[C@@H]2O[C@H](CO)[C@H](O)[C@H](O[C@@H]3O[C@H](CO)[C@@H](O[C@@H]4O[C@H](CO)[C@H](O)[C@H](O)[C@H]4O)[C@H](O)[C@H]3NC(C)=O)[C@H]2O)[C@H](O)[C@H]1O)NC(=O)CCl. The molecule has 26 heteroatoms. The lowest BCUT2D eigenvalue weighted by Gasteiger charge is -2.50. The highest BCUT2D eigenvalue weighted by Crippen LogP contribution is 2.35. The van der Waals surface area contributed by atoms with Crippen molar-refractivity contribution in [1.82, 2.24) is 10.6 Å². The minimum Gasteiger partial charge on any atom is -0.394 e. The molecule has 22 atom stereocenters. The van der Waals surface area contributed by atoms with Gasteiger partial charge in [-0.1, -0.05) is 83.3 Å². The molecule has 0 aromatic heterocycles. The number of carbonyl (C=O) groups excluding carboxylic acids is 2. The first-order chi connectivity index (χ1) is 34.5. The minimum atomic E-state index is -2.09. The molecule has 0 aromatic rings. The van der Waals surface area contributed by atoms with Crippen molar-refractivity contribution >= 4 is 23.4 Å². The summed E-state index contributed by atoms with van der Waals surface area (Å²) < 4.78 is 45.8. The van der Waals surface area contributed by atoms with Gasteiger partial charge in [0.15, 0.2) is 25.2 Å². The number of ether oxygens (including phenoxy) is 8. The third kappa shape index (κ3) is 17.6. The van der Waals surface area contributed by atoms with Crippen LogP contribution >= 0.6 is 11.6 Å². The predicted octanol–water partition coefficient (Wildman–Crippen LogP) is -4.24. The number of amides is 2. The molecule has 72 heavy (non-hydrogen) atoms. The van der Waals surface area contributed by atoms with Crippen molar-refractivity contribution < 1.29 is 114 Å². The number of nitrogens with one attached hydrogen (secondary N) is 2. The molecule has 4 aliphatic rings.